The van der Waals surface area contributed by atoms with E-state index in [1.54, 1.807) is 11.6 Å². The highest BCUT2D eigenvalue weighted by Gasteiger charge is 2.14. The number of carbonyl (C=O) groups excluding carboxylic acids is 1. The van der Waals surface area contributed by atoms with Crippen molar-refractivity contribution < 1.29 is 9.53 Å². The Labute approximate surface area is 167 Å². The van der Waals surface area contributed by atoms with E-state index in [0.29, 0.717) is 11.6 Å². The van der Waals surface area contributed by atoms with E-state index in [-0.39, 0.29) is 17.7 Å². The number of amides is 1. The highest BCUT2D eigenvalue weighted by Crippen LogP contribution is 2.18. The van der Waals surface area contributed by atoms with E-state index in [2.05, 4.69) is 29.0 Å². The molecular formula is C20H24N4O3S. The molecule has 3 rings (SSSR count). The van der Waals surface area contributed by atoms with Gasteiger partial charge in [0.25, 0.3) is 11.5 Å². The van der Waals surface area contributed by atoms with Crippen molar-refractivity contribution in [1.82, 2.24) is 19.6 Å². The quantitative estimate of drug-likeness (QED) is 0.597. The lowest BCUT2D eigenvalue weighted by atomic mass is 10.2. The van der Waals surface area contributed by atoms with Crippen LogP contribution in [0.1, 0.15) is 29.8 Å². The number of para-hydroxylation sites is 1. The van der Waals surface area contributed by atoms with Gasteiger partial charge in [0.15, 0.2) is 4.96 Å². The number of aromatic nitrogens is 2. The molecule has 0 aliphatic carbocycles. The second-order valence-corrected chi connectivity index (χ2v) is 7.07. The number of rotatable bonds is 9. The number of hydrogen-bond donors (Lipinski definition) is 1. The van der Waals surface area contributed by atoms with Gasteiger partial charge in [0.05, 0.1) is 0 Å². The van der Waals surface area contributed by atoms with E-state index in [4.69, 9.17) is 4.74 Å². The topological polar surface area (TPSA) is 75.9 Å². The molecule has 148 valence electrons. The summed E-state index contributed by atoms with van der Waals surface area (Å²) in [5.74, 6) is 0.286. The first-order valence-corrected chi connectivity index (χ1v) is 10.2. The van der Waals surface area contributed by atoms with Crippen LogP contribution in [0.4, 0.5) is 0 Å². The second-order valence-electron chi connectivity index (χ2n) is 6.20. The van der Waals surface area contributed by atoms with E-state index >= 15 is 0 Å². The highest BCUT2D eigenvalue weighted by molar-refractivity contribution is 7.15. The molecule has 0 fully saturated rings. The van der Waals surface area contributed by atoms with Gasteiger partial charge in [-0.2, -0.15) is 0 Å². The van der Waals surface area contributed by atoms with E-state index in [0.717, 1.165) is 30.9 Å². The minimum Gasteiger partial charge on any atom is -0.492 e. The first-order valence-electron chi connectivity index (χ1n) is 9.30. The van der Waals surface area contributed by atoms with E-state index < -0.39 is 5.91 Å². The molecule has 0 saturated heterocycles. The molecule has 0 spiro atoms. The van der Waals surface area contributed by atoms with Crippen LogP contribution in [-0.4, -0.2) is 46.4 Å². The molecule has 0 radical (unpaired) electrons. The van der Waals surface area contributed by atoms with Crippen molar-refractivity contribution in [1.29, 1.82) is 0 Å². The zero-order valence-corrected chi connectivity index (χ0v) is 16.9. The lowest BCUT2D eigenvalue weighted by Gasteiger charge is -2.19. The molecule has 28 heavy (non-hydrogen) atoms. The van der Waals surface area contributed by atoms with Crippen LogP contribution in [0, 0.1) is 0 Å². The van der Waals surface area contributed by atoms with Crippen LogP contribution < -0.4 is 15.6 Å². The minimum absolute atomic E-state index is 0.0239. The van der Waals surface area contributed by atoms with Crippen molar-refractivity contribution in [2.75, 3.05) is 26.2 Å². The van der Waals surface area contributed by atoms with Gasteiger partial charge in [0.1, 0.15) is 17.9 Å². The monoisotopic (exact) mass is 400 g/mol. The maximum atomic E-state index is 12.5. The third kappa shape index (κ3) is 4.58. The molecule has 0 aliphatic rings. The van der Waals surface area contributed by atoms with Gasteiger partial charge in [-0.25, -0.2) is 4.98 Å². The summed E-state index contributed by atoms with van der Waals surface area (Å²) < 4.78 is 7.29. The van der Waals surface area contributed by atoms with Crippen LogP contribution in [0.15, 0.2) is 46.8 Å². The summed E-state index contributed by atoms with van der Waals surface area (Å²) in [7, 11) is 0. The zero-order valence-electron chi connectivity index (χ0n) is 16.1. The summed E-state index contributed by atoms with van der Waals surface area (Å²) in [5.41, 5.74) is 0.517. The first-order chi connectivity index (χ1) is 13.6. The summed E-state index contributed by atoms with van der Waals surface area (Å²) in [6.45, 7) is 7.90. The lowest BCUT2D eigenvalue weighted by molar-refractivity contribution is 0.0948. The van der Waals surface area contributed by atoms with Gasteiger partial charge < -0.3 is 15.0 Å². The Bertz CT molecular complexity index is 994. The highest BCUT2D eigenvalue weighted by atomic mass is 32.1. The number of nitrogens with zero attached hydrogens (tertiary/aromatic N) is 3. The average molecular weight is 401 g/mol. The second kappa shape index (κ2) is 9.48. The van der Waals surface area contributed by atoms with Crippen LogP contribution in [0.2, 0.25) is 0 Å². The molecule has 1 N–H and O–H groups in total. The molecule has 0 aliphatic heterocycles. The lowest BCUT2D eigenvalue weighted by Crippen LogP contribution is -2.31. The van der Waals surface area contributed by atoms with Gasteiger partial charge in [-0.1, -0.05) is 32.0 Å². The van der Waals surface area contributed by atoms with Gasteiger partial charge in [-0.15, -0.1) is 11.3 Å². The number of carbonyl (C=O) groups is 1. The van der Waals surface area contributed by atoms with Crippen molar-refractivity contribution in [3.05, 3.63) is 63.5 Å². The SMILES string of the molecule is CCN(CC)CCOc1ccccc1CNC(=O)c1cnc2sccn2c1=O. The van der Waals surface area contributed by atoms with Crippen molar-refractivity contribution >= 4 is 22.2 Å². The number of thiazole rings is 1. The number of benzene rings is 1. The average Bonchev–Trinajstić information content (AvgIpc) is 3.20. The van der Waals surface area contributed by atoms with Crippen molar-refractivity contribution in [2.45, 2.75) is 20.4 Å². The molecule has 2 heterocycles. The Morgan fingerprint density at radius 3 is 2.86 bits per heavy atom. The molecule has 7 nitrogen and oxygen atoms in total. The normalized spacial score (nSPS) is 11.1. The summed E-state index contributed by atoms with van der Waals surface area (Å²) in [4.78, 5) is 31.9. The van der Waals surface area contributed by atoms with Gasteiger partial charge in [0.2, 0.25) is 0 Å². The molecule has 1 amide bonds. The third-order valence-electron chi connectivity index (χ3n) is 4.56. The van der Waals surface area contributed by atoms with E-state index in [1.807, 2.05) is 24.3 Å². The first kappa shape index (κ1) is 20.0. The van der Waals surface area contributed by atoms with Gasteiger partial charge >= 0.3 is 0 Å². The van der Waals surface area contributed by atoms with E-state index in [9.17, 15) is 9.59 Å². The van der Waals surface area contributed by atoms with Crippen LogP contribution in [0.3, 0.4) is 0 Å². The molecule has 0 saturated carbocycles. The fraction of sp³-hybridized carbons (Fsp3) is 0.350. The van der Waals surface area contributed by atoms with Gasteiger partial charge in [-0.05, 0) is 19.2 Å². The van der Waals surface area contributed by atoms with Crippen LogP contribution in [0.5, 0.6) is 5.75 Å². The third-order valence-corrected chi connectivity index (χ3v) is 5.33. The predicted molar refractivity (Wildman–Crippen MR) is 110 cm³/mol. The molecule has 0 bridgehead atoms. The summed E-state index contributed by atoms with van der Waals surface area (Å²) in [6, 6.07) is 7.59. The van der Waals surface area contributed by atoms with Crippen LogP contribution in [-0.2, 0) is 6.54 Å². The Balaban J connectivity index is 1.64. The smallest absolute Gasteiger partial charge is 0.271 e. The maximum absolute atomic E-state index is 12.5. The summed E-state index contributed by atoms with van der Waals surface area (Å²) in [5, 5.41) is 4.56. The fourth-order valence-corrected chi connectivity index (χ4v) is 3.54. The largest absolute Gasteiger partial charge is 0.492 e. The molecule has 3 aromatic rings. The summed E-state index contributed by atoms with van der Waals surface area (Å²) >= 11 is 1.35. The molecule has 0 atom stereocenters. The van der Waals surface area contributed by atoms with Crippen molar-refractivity contribution in [2.24, 2.45) is 0 Å². The predicted octanol–water partition coefficient (Wildman–Crippen LogP) is 2.41. The van der Waals surface area contributed by atoms with Crippen molar-refractivity contribution in [3.63, 3.8) is 0 Å². The molecular weight excluding hydrogens is 376 g/mol. The minimum atomic E-state index is -0.448. The number of ether oxygens (including phenoxy) is 1. The zero-order chi connectivity index (χ0) is 19.9. The molecule has 1 aromatic carbocycles. The summed E-state index contributed by atoms with van der Waals surface area (Å²) in [6.07, 6.45) is 2.95. The number of hydrogen-bond acceptors (Lipinski definition) is 6. The van der Waals surface area contributed by atoms with Crippen LogP contribution >= 0.6 is 11.3 Å². The fourth-order valence-electron chi connectivity index (χ4n) is 2.87. The standard InChI is InChI=1S/C20H24N4O3S/c1-3-23(4-2)9-11-27-17-8-6-5-7-15(17)13-21-18(25)16-14-22-20-24(19(16)26)10-12-28-20/h5-8,10,12,14H,3-4,9,11,13H2,1-2H3,(H,21,25). The molecule has 2 aromatic heterocycles. The van der Waals surface area contributed by atoms with Gasteiger partial charge in [-0.3, -0.25) is 14.0 Å². The number of likely N-dealkylation sites (N-methyl/N-ethyl adjacent to an activating group) is 1. The van der Waals surface area contributed by atoms with Crippen molar-refractivity contribution in [3.8, 4) is 5.75 Å². The molecule has 8 heteroatoms. The Hall–Kier alpha value is -2.71. The Morgan fingerprint density at radius 1 is 1.29 bits per heavy atom. The van der Waals surface area contributed by atoms with Crippen LogP contribution in [0.25, 0.3) is 4.96 Å². The Kier molecular flexibility index (Phi) is 6.78. The Morgan fingerprint density at radius 2 is 2.07 bits per heavy atom. The van der Waals surface area contributed by atoms with E-state index in [1.165, 1.54) is 21.9 Å². The molecule has 0 unspecified atom stereocenters. The van der Waals surface area contributed by atoms with Gasteiger partial charge in [0, 0.05) is 36.4 Å². The number of fused-ring (bicyclic) bond motifs is 1. The number of nitrogens with one attached hydrogen (secondary N) is 1. The maximum Gasteiger partial charge on any atom is 0.271 e.